The summed E-state index contributed by atoms with van der Waals surface area (Å²) in [6.45, 7) is 3.93. The molecule has 5 nitrogen and oxygen atoms in total. The number of nitriles is 1. The van der Waals surface area contributed by atoms with Crippen LogP contribution in [0.4, 0.5) is 5.69 Å². The molecule has 0 saturated heterocycles. The smallest absolute Gasteiger partial charge is 0.235 e. The lowest BCUT2D eigenvalue weighted by Gasteiger charge is -2.21. The Bertz CT molecular complexity index is 453. The average Bonchev–Trinajstić information content (AvgIpc) is 2.36. The molecule has 1 aromatic rings. The van der Waals surface area contributed by atoms with E-state index in [0.29, 0.717) is 13.1 Å². The first-order valence-electron chi connectivity index (χ1n) is 6.36. The van der Waals surface area contributed by atoms with Crippen LogP contribution >= 0.6 is 0 Å². The molecule has 1 amide bonds. The zero-order chi connectivity index (χ0) is 14.1. The summed E-state index contributed by atoms with van der Waals surface area (Å²) >= 11 is 0. The summed E-state index contributed by atoms with van der Waals surface area (Å²) in [5.74, 6) is -0.126. The number of benzene rings is 1. The quantitative estimate of drug-likeness (QED) is 0.568. The minimum atomic E-state index is -0.126. The molecular formula is C14H20N4O. The van der Waals surface area contributed by atoms with E-state index in [1.807, 2.05) is 35.2 Å². The van der Waals surface area contributed by atoms with E-state index in [9.17, 15) is 4.79 Å². The van der Waals surface area contributed by atoms with E-state index >= 15 is 0 Å². The van der Waals surface area contributed by atoms with Crippen molar-refractivity contribution in [1.82, 2.24) is 10.2 Å². The molecule has 0 unspecified atom stereocenters. The van der Waals surface area contributed by atoms with Crippen LogP contribution in [0.15, 0.2) is 24.3 Å². The van der Waals surface area contributed by atoms with Crippen LogP contribution < -0.4 is 11.1 Å². The van der Waals surface area contributed by atoms with E-state index in [-0.39, 0.29) is 12.5 Å². The van der Waals surface area contributed by atoms with Crippen LogP contribution in [0.2, 0.25) is 0 Å². The highest BCUT2D eigenvalue weighted by Gasteiger charge is 2.10. The van der Waals surface area contributed by atoms with Gasteiger partial charge in [-0.3, -0.25) is 9.69 Å². The molecule has 0 aliphatic heterocycles. The fourth-order valence-corrected chi connectivity index (χ4v) is 1.88. The van der Waals surface area contributed by atoms with E-state index in [4.69, 9.17) is 11.0 Å². The zero-order valence-corrected chi connectivity index (χ0v) is 11.2. The number of hydrogen-bond donors (Lipinski definition) is 2. The van der Waals surface area contributed by atoms with Crippen LogP contribution in [0.25, 0.3) is 0 Å². The van der Waals surface area contributed by atoms with Gasteiger partial charge >= 0.3 is 0 Å². The monoisotopic (exact) mass is 260 g/mol. The third-order valence-corrected chi connectivity index (χ3v) is 2.63. The molecule has 0 aromatic heterocycles. The normalized spacial score (nSPS) is 10.2. The van der Waals surface area contributed by atoms with Gasteiger partial charge in [-0.05, 0) is 30.7 Å². The second kappa shape index (κ2) is 8.11. The number of rotatable bonds is 7. The molecule has 1 rings (SSSR count). The fraction of sp³-hybridized carbons (Fsp3) is 0.429. The Labute approximate surface area is 114 Å². The molecule has 0 bridgehead atoms. The average molecular weight is 260 g/mol. The van der Waals surface area contributed by atoms with Crippen LogP contribution in [0.1, 0.15) is 18.9 Å². The van der Waals surface area contributed by atoms with Crippen molar-refractivity contribution in [3.63, 3.8) is 0 Å². The standard InChI is InChI=1S/C14H20N4O/c1-2-8-18(11-14(19)17-7-6-15)10-12-4-3-5-13(16)9-12/h3-5,9H,2,7-8,10-11,16H2,1H3,(H,17,19). The van der Waals surface area contributed by atoms with Crippen molar-refractivity contribution in [2.75, 3.05) is 25.4 Å². The maximum atomic E-state index is 11.6. The van der Waals surface area contributed by atoms with Gasteiger partial charge in [-0.15, -0.1) is 0 Å². The highest BCUT2D eigenvalue weighted by Crippen LogP contribution is 2.09. The van der Waals surface area contributed by atoms with Crippen LogP contribution in [0.3, 0.4) is 0 Å². The molecule has 0 fully saturated rings. The summed E-state index contributed by atoms with van der Waals surface area (Å²) in [4.78, 5) is 13.7. The lowest BCUT2D eigenvalue weighted by atomic mass is 10.2. The van der Waals surface area contributed by atoms with Gasteiger partial charge in [0.1, 0.15) is 6.54 Å². The minimum absolute atomic E-state index is 0.0527. The number of carbonyl (C=O) groups is 1. The first-order valence-corrected chi connectivity index (χ1v) is 6.36. The number of nitrogens with one attached hydrogen (secondary N) is 1. The van der Waals surface area contributed by atoms with Gasteiger partial charge in [-0.2, -0.15) is 5.26 Å². The molecule has 0 heterocycles. The molecule has 0 aliphatic rings. The number of nitrogens with zero attached hydrogens (tertiary/aromatic N) is 2. The van der Waals surface area contributed by atoms with Gasteiger partial charge in [-0.1, -0.05) is 19.1 Å². The number of anilines is 1. The summed E-state index contributed by atoms with van der Waals surface area (Å²) in [5.41, 5.74) is 7.55. The van der Waals surface area contributed by atoms with E-state index in [1.54, 1.807) is 0 Å². The third kappa shape index (κ3) is 5.89. The first-order chi connectivity index (χ1) is 9.15. The van der Waals surface area contributed by atoms with Gasteiger partial charge in [0.25, 0.3) is 0 Å². The molecule has 102 valence electrons. The van der Waals surface area contributed by atoms with E-state index in [1.165, 1.54) is 0 Å². The van der Waals surface area contributed by atoms with Gasteiger partial charge < -0.3 is 11.1 Å². The Morgan fingerprint density at radius 1 is 1.53 bits per heavy atom. The maximum Gasteiger partial charge on any atom is 0.235 e. The van der Waals surface area contributed by atoms with E-state index in [0.717, 1.165) is 24.2 Å². The first kappa shape index (κ1) is 15.0. The van der Waals surface area contributed by atoms with Crippen LogP contribution in [-0.4, -0.2) is 30.4 Å². The van der Waals surface area contributed by atoms with Crippen molar-refractivity contribution < 1.29 is 4.79 Å². The minimum Gasteiger partial charge on any atom is -0.399 e. The Morgan fingerprint density at radius 3 is 2.95 bits per heavy atom. The number of nitrogen functional groups attached to an aromatic ring is 1. The predicted octanol–water partition coefficient (Wildman–Crippen LogP) is 1.12. The molecule has 0 saturated carbocycles. The Kier molecular flexibility index (Phi) is 6.41. The summed E-state index contributed by atoms with van der Waals surface area (Å²) in [6.07, 6.45) is 0.966. The van der Waals surface area contributed by atoms with Crippen LogP contribution in [0, 0.1) is 11.3 Å². The third-order valence-electron chi connectivity index (χ3n) is 2.63. The molecular weight excluding hydrogens is 240 g/mol. The number of nitrogens with two attached hydrogens (primary N) is 1. The molecule has 1 aromatic carbocycles. The van der Waals surface area contributed by atoms with E-state index in [2.05, 4.69) is 12.2 Å². The highest BCUT2D eigenvalue weighted by atomic mass is 16.2. The Balaban J connectivity index is 2.57. The zero-order valence-electron chi connectivity index (χ0n) is 11.2. The van der Waals surface area contributed by atoms with Gasteiger partial charge in [0, 0.05) is 12.2 Å². The largest absolute Gasteiger partial charge is 0.399 e. The lowest BCUT2D eigenvalue weighted by molar-refractivity contribution is -0.122. The SMILES string of the molecule is CCCN(CC(=O)NCC#N)Cc1cccc(N)c1. The predicted molar refractivity (Wildman–Crippen MR) is 75.0 cm³/mol. The van der Waals surface area contributed by atoms with Crippen molar-refractivity contribution in [1.29, 1.82) is 5.26 Å². The summed E-state index contributed by atoms with van der Waals surface area (Å²) in [5, 5.41) is 11.0. The Morgan fingerprint density at radius 2 is 2.32 bits per heavy atom. The topological polar surface area (TPSA) is 82.2 Å². The highest BCUT2D eigenvalue weighted by molar-refractivity contribution is 5.78. The summed E-state index contributed by atoms with van der Waals surface area (Å²) in [6, 6.07) is 9.55. The summed E-state index contributed by atoms with van der Waals surface area (Å²) < 4.78 is 0. The van der Waals surface area contributed by atoms with Crippen LogP contribution in [-0.2, 0) is 11.3 Å². The summed E-state index contributed by atoms with van der Waals surface area (Å²) in [7, 11) is 0. The second-order valence-corrected chi connectivity index (χ2v) is 4.39. The Hall–Kier alpha value is -2.06. The maximum absolute atomic E-state index is 11.6. The van der Waals surface area contributed by atoms with Crippen molar-refractivity contribution in [3.05, 3.63) is 29.8 Å². The van der Waals surface area contributed by atoms with Gasteiger partial charge in [0.15, 0.2) is 0 Å². The van der Waals surface area contributed by atoms with Crippen molar-refractivity contribution in [2.24, 2.45) is 0 Å². The molecule has 19 heavy (non-hydrogen) atoms. The molecule has 0 aliphatic carbocycles. The molecule has 3 N–H and O–H groups in total. The second-order valence-electron chi connectivity index (χ2n) is 4.39. The van der Waals surface area contributed by atoms with Gasteiger partial charge in [-0.25, -0.2) is 0 Å². The lowest BCUT2D eigenvalue weighted by Crippen LogP contribution is -2.37. The number of hydrogen-bond acceptors (Lipinski definition) is 4. The van der Waals surface area contributed by atoms with Gasteiger partial charge in [0.05, 0.1) is 12.6 Å². The fourth-order valence-electron chi connectivity index (χ4n) is 1.88. The van der Waals surface area contributed by atoms with Crippen molar-refractivity contribution in [2.45, 2.75) is 19.9 Å². The van der Waals surface area contributed by atoms with E-state index < -0.39 is 0 Å². The molecule has 5 heteroatoms. The molecule has 0 spiro atoms. The molecule has 0 radical (unpaired) electrons. The number of amides is 1. The molecule has 0 atom stereocenters. The van der Waals surface area contributed by atoms with Crippen molar-refractivity contribution >= 4 is 11.6 Å². The van der Waals surface area contributed by atoms with Crippen LogP contribution in [0.5, 0.6) is 0 Å². The number of carbonyl (C=O) groups excluding carboxylic acids is 1. The van der Waals surface area contributed by atoms with Gasteiger partial charge in [0.2, 0.25) is 5.91 Å². The van der Waals surface area contributed by atoms with Crippen molar-refractivity contribution in [3.8, 4) is 6.07 Å².